The summed E-state index contributed by atoms with van der Waals surface area (Å²) in [7, 11) is -2.23. The molecule has 2 aliphatic rings. The zero-order chi connectivity index (χ0) is 26.4. The van der Waals surface area contributed by atoms with Crippen LogP contribution in [0.2, 0.25) is 0 Å². The number of piperazine rings is 1. The number of aromatic nitrogens is 3. The molecule has 0 spiro atoms. The maximum atomic E-state index is 14.7. The van der Waals surface area contributed by atoms with E-state index >= 15 is 0 Å². The fraction of sp³-hybridized carbons (Fsp3) is 0.296. The third kappa shape index (κ3) is 4.80. The minimum absolute atomic E-state index is 0.0348. The fourth-order valence-electron chi connectivity index (χ4n) is 4.88. The summed E-state index contributed by atoms with van der Waals surface area (Å²) in [5.74, 6) is -1.15. The number of anilines is 1. The molecule has 1 aliphatic heterocycles. The summed E-state index contributed by atoms with van der Waals surface area (Å²) in [6.45, 7) is 1.86. The Balaban J connectivity index is 1.22. The van der Waals surface area contributed by atoms with Gasteiger partial charge in [-0.1, -0.05) is 12.1 Å². The molecule has 0 radical (unpaired) electrons. The van der Waals surface area contributed by atoms with Gasteiger partial charge in [0.1, 0.15) is 16.5 Å². The number of hydrogen-bond acceptors (Lipinski definition) is 6. The van der Waals surface area contributed by atoms with Crippen molar-refractivity contribution < 1.29 is 17.6 Å². The number of halogens is 1. The summed E-state index contributed by atoms with van der Waals surface area (Å²) in [5.41, 5.74) is 1.97. The van der Waals surface area contributed by atoms with Crippen LogP contribution in [0.1, 0.15) is 23.2 Å². The molecule has 1 N–H and O–H groups in total. The maximum Gasteiger partial charge on any atom is 0.256 e. The second-order valence-electron chi connectivity index (χ2n) is 9.80. The van der Waals surface area contributed by atoms with E-state index in [2.05, 4.69) is 20.3 Å². The second kappa shape index (κ2) is 9.57. The van der Waals surface area contributed by atoms with Gasteiger partial charge in [-0.2, -0.15) is 9.40 Å². The summed E-state index contributed by atoms with van der Waals surface area (Å²) in [4.78, 5) is 19.1. The Labute approximate surface area is 219 Å². The first kappa shape index (κ1) is 24.7. The first-order chi connectivity index (χ1) is 18.3. The Morgan fingerprint density at radius 2 is 1.76 bits per heavy atom. The minimum atomic E-state index is -4.08. The molecule has 6 rings (SSSR count). The molecule has 1 aliphatic carbocycles. The number of carbonyl (C=O) groups is 1. The van der Waals surface area contributed by atoms with E-state index in [0.29, 0.717) is 38.0 Å². The van der Waals surface area contributed by atoms with E-state index in [9.17, 15) is 17.6 Å². The van der Waals surface area contributed by atoms with Crippen LogP contribution in [0, 0.1) is 5.82 Å². The van der Waals surface area contributed by atoms with Gasteiger partial charge < -0.3 is 5.32 Å². The van der Waals surface area contributed by atoms with Crippen molar-refractivity contribution in [3.8, 4) is 11.1 Å². The average molecular weight is 535 g/mol. The Bertz CT molecular complexity index is 1640. The molecule has 4 aromatic rings. The number of carbonyl (C=O) groups excluding carboxylic acids is 1. The third-order valence-electron chi connectivity index (χ3n) is 7.15. The van der Waals surface area contributed by atoms with Gasteiger partial charge in [-0.15, -0.1) is 0 Å². The number of rotatable bonds is 6. The predicted molar refractivity (Wildman–Crippen MR) is 142 cm³/mol. The quantitative estimate of drug-likeness (QED) is 0.407. The number of amides is 1. The van der Waals surface area contributed by atoms with Crippen molar-refractivity contribution in [2.45, 2.75) is 23.8 Å². The maximum absolute atomic E-state index is 14.7. The molecule has 1 saturated carbocycles. The van der Waals surface area contributed by atoms with E-state index in [1.54, 1.807) is 23.1 Å². The van der Waals surface area contributed by atoms with Crippen LogP contribution in [0.5, 0.6) is 0 Å². The highest BCUT2D eigenvalue weighted by Gasteiger charge is 2.36. The smallest absolute Gasteiger partial charge is 0.256 e. The van der Waals surface area contributed by atoms with Crippen molar-refractivity contribution in [1.82, 2.24) is 24.0 Å². The highest BCUT2D eigenvalue weighted by molar-refractivity contribution is 7.89. The SMILES string of the molecule is Cn1cc(-c2ccc3cnc(NC(=O)c4ccc(F)c(S(=O)(=O)N5CCN(C6CC6)CC5)c4)cc3c2)cn1. The predicted octanol–water partition coefficient (Wildman–Crippen LogP) is 3.50. The molecular weight excluding hydrogens is 507 g/mol. The van der Waals surface area contributed by atoms with Crippen LogP contribution in [-0.4, -0.2) is 70.5 Å². The van der Waals surface area contributed by atoms with E-state index in [1.807, 2.05) is 31.4 Å². The second-order valence-corrected chi connectivity index (χ2v) is 11.7. The zero-order valence-electron chi connectivity index (χ0n) is 20.8. The molecule has 11 heteroatoms. The Morgan fingerprint density at radius 3 is 2.47 bits per heavy atom. The number of nitrogens with one attached hydrogen (secondary N) is 1. The molecule has 1 amide bonds. The highest BCUT2D eigenvalue weighted by atomic mass is 32.2. The molecule has 2 aromatic heterocycles. The van der Waals surface area contributed by atoms with Gasteiger partial charge in [-0.25, -0.2) is 17.8 Å². The van der Waals surface area contributed by atoms with E-state index in [-0.39, 0.29) is 5.56 Å². The van der Waals surface area contributed by atoms with Crippen LogP contribution < -0.4 is 5.32 Å². The summed E-state index contributed by atoms with van der Waals surface area (Å²) >= 11 is 0. The molecule has 2 fully saturated rings. The van der Waals surface area contributed by atoms with Crippen LogP contribution in [-0.2, 0) is 17.1 Å². The van der Waals surface area contributed by atoms with Gasteiger partial charge in [0.2, 0.25) is 10.0 Å². The average Bonchev–Trinajstić information content (AvgIpc) is 3.68. The Morgan fingerprint density at radius 1 is 0.974 bits per heavy atom. The number of hydrogen-bond donors (Lipinski definition) is 1. The van der Waals surface area contributed by atoms with Crippen LogP contribution in [0.15, 0.2) is 66.0 Å². The number of fused-ring (bicyclic) bond motifs is 1. The lowest BCUT2D eigenvalue weighted by molar-refractivity contribution is 0.102. The van der Waals surface area contributed by atoms with Crippen molar-refractivity contribution in [3.05, 3.63) is 72.4 Å². The molecule has 38 heavy (non-hydrogen) atoms. The van der Waals surface area contributed by atoms with Gasteiger partial charge in [-0.05, 0) is 54.1 Å². The number of nitrogens with zero attached hydrogens (tertiary/aromatic N) is 5. The lowest BCUT2D eigenvalue weighted by atomic mass is 10.1. The van der Waals surface area contributed by atoms with Gasteiger partial charge in [0.05, 0.1) is 6.20 Å². The van der Waals surface area contributed by atoms with E-state index in [0.717, 1.165) is 46.9 Å². The van der Waals surface area contributed by atoms with Crippen LogP contribution >= 0.6 is 0 Å². The molecule has 0 bridgehead atoms. The largest absolute Gasteiger partial charge is 0.307 e. The number of aryl methyl sites for hydroxylation is 1. The fourth-order valence-corrected chi connectivity index (χ4v) is 6.39. The molecule has 3 heterocycles. The number of benzene rings is 2. The molecular formula is C27H27FN6O3S. The van der Waals surface area contributed by atoms with Crippen molar-refractivity contribution in [3.63, 3.8) is 0 Å². The summed E-state index contributed by atoms with van der Waals surface area (Å²) in [5, 5.41) is 8.68. The Kier molecular flexibility index (Phi) is 6.21. The normalized spacial score (nSPS) is 17.1. The van der Waals surface area contributed by atoms with Gasteiger partial charge in [0, 0.05) is 68.2 Å². The molecule has 0 unspecified atom stereocenters. The van der Waals surface area contributed by atoms with Crippen molar-refractivity contribution in [1.29, 1.82) is 0 Å². The molecule has 1 saturated heterocycles. The van der Waals surface area contributed by atoms with Gasteiger partial charge in [0.15, 0.2) is 0 Å². The first-order valence-corrected chi connectivity index (χ1v) is 14.0. The van der Waals surface area contributed by atoms with E-state index < -0.39 is 26.6 Å². The van der Waals surface area contributed by atoms with Gasteiger partial charge in [-0.3, -0.25) is 14.4 Å². The summed E-state index contributed by atoms with van der Waals surface area (Å²) in [6.07, 6.45) is 7.64. The number of sulfonamides is 1. The monoisotopic (exact) mass is 534 g/mol. The minimum Gasteiger partial charge on any atom is -0.307 e. The number of pyridine rings is 1. The van der Waals surface area contributed by atoms with Crippen LogP contribution in [0.4, 0.5) is 10.2 Å². The topological polar surface area (TPSA) is 100 Å². The molecule has 9 nitrogen and oxygen atoms in total. The van der Waals surface area contributed by atoms with Crippen molar-refractivity contribution in [2.24, 2.45) is 7.05 Å². The van der Waals surface area contributed by atoms with Crippen molar-refractivity contribution >= 4 is 32.5 Å². The van der Waals surface area contributed by atoms with Crippen LogP contribution in [0.3, 0.4) is 0 Å². The Hall–Kier alpha value is -3.67. The standard InChI is InChI=1S/C27H27FN6O3S/c1-32-17-22(16-30-32)18-2-3-20-15-29-26(14-21(20)12-18)31-27(35)19-4-7-24(28)25(13-19)38(36,37)34-10-8-33(9-11-34)23-5-6-23/h2-4,7,12-17,23H,5-6,8-11H2,1H3,(H,29,31,35). The summed E-state index contributed by atoms with van der Waals surface area (Å²) in [6, 6.07) is 11.6. The summed E-state index contributed by atoms with van der Waals surface area (Å²) < 4.78 is 44.2. The van der Waals surface area contributed by atoms with Crippen molar-refractivity contribution in [2.75, 3.05) is 31.5 Å². The van der Waals surface area contributed by atoms with Gasteiger partial charge in [0.25, 0.3) is 5.91 Å². The highest BCUT2D eigenvalue weighted by Crippen LogP contribution is 2.30. The lowest BCUT2D eigenvalue weighted by Crippen LogP contribution is -2.49. The lowest BCUT2D eigenvalue weighted by Gasteiger charge is -2.34. The zero-order valence-corrected chi connectivity index (χ0v) is 21.7. The molecule has 2 aromatic carbocycles. The third-order valence-corrected chi connectivity index (χ3v) is 9.06. The first-order valence-electron chi connectivity index (χ1n) is 12.5. The van der Waals surface area contributed by atoms with E-state index in [4.69, 9.17) is 0 Å². The van der Waals surface area contributed by atoms with E-state index in [1.165, 1.54) is 10.4 Å². The van der Waals surface area contributed by atoms with Gasteiger partial charge >= 0.3 is 0 Å². The van der Waals surface area contributed by atoms with Crippen LogP contribution in [0.25, 0.3) is 21.9 Å². The molecule has 0 atom stereocenters. The molecule has 196 valence electrons.